The van der Waals surface area contributed by atoms with Crippen LogP contribution in [0.5, 0.6) is 11.5 Å². The lowest BCUT2D eigenvalue weighted by Crippen LogP contribution is -2.50. The van der Waals surface area contributed by atoms with Crippen LogP contribution in [0.3, 0.4) is 0 Å². The Hall–Kier alpha value is -2.29. The van der Waals surface area contributed by atoms with Crippen LogP contribution < -0.4 is 9.47 Å². The number of hydrogen-bond acceptors (Lipinski definition) is 7. The normalized spacial score (nSPS) is 24.8. The van der Waals surface area contributed by atoms with Crippen molar-refractivity contribution in [2.24, 2.45) is 17.8 Å². The van der Waals surface area contributed by atoms with Gasteiger partial charge in [0.25, 0.3) is 5.91 Å². The molecule has 1 N–H and O–H groups in total. The molecule has 1 amide bonds. The molecule has 1 aromatic rings. The predicted octanol–water partition coefficient (Wildman–Crippen LogP) is 3.00. The molecule has 0 aliphatic carbocycles. The molecule has 1 saturated heterocycles. The van der Waals surface area contributed by atoms with Crippen LogP contribution in [0.25, 0.3) is 0 Å². The van der Waals surface area contributed by atoms with Gasteiger partial charge in [0, 0.05) is 51.9 Å². The highest BCUT2D eigenvalue weighted by molar-refractivity contribution is 5.91. The van der Waals surface area contributed by atoms with Gasteiger partial charge in [0.1, 0.15) is 0 Å². The molecule has 188 valence electrons. The summed E-state index contributed by atoms with van der Waals surface area (Å²) in [6.07, 6.45) is 3.05. The zero-order chi connectivity index (χ0) is 24.1. The molecule has 3 atom stereocenters. The van der Waals surface area contributed by atoms with E-state index in [4.69, 9.17) is 18.9 Å². The number of aliphatic hydroxyl groups is 1. The fraction of sp³-hybridized carbons (Fsp3) is 0.654. The van der Waals surface area contributed by atoms with Crippen molar-refractivity contribution in [1.82, 2.24) is 9.80 Å². The Morgan fingerprint density at radius 3 is 2.65 bits per heavy atom. The highest BCUT2D eigenvalue weighted by Crippen LogP contribution is 2.37. The number of amides is 1. The highest BCUT2D eigenvalue weighted by atomic mass is 16.7. The smallest absolute Gasteiger partial charge is 0.288 e. The van der Waals surface area contributed by atoms with E-state index in [-0.39, 0.29) is 31.1 Å². The summed E-state index contributed by atoms with van der Waals surface area (Å²) < 4.78 is 22.9. The summed E-state index contributed by atoms with van der Waals surface area (Å²) in [6.45, 7) is 10.9. The Kier molecular flexibility index (Phi) is 8.34. The van der Waals surface area contributed by atoms with Crippen LogP contribution >= 0.6 is 0 Å². The fourth-order valence-corrected chi connectivity index (χ4v) is 5.08. The van der Waals surface area contributed by atoms with Crippen molar-refractivity contribution in [3.8, 4) is 11.5 Å². The maximum atomic E-state index is 13.4. The summed E-state index contributed by atoms with van der Waals surface area (Å²) in [5.74, 6) is 2.58. The molecule has 0 bridgehead atoms. The standard InChI is InChI=1S/C26H38N2O6/c1-4-31-26-20(6-5-13-29)21(18(2)3)15-24(34-26)25(30)28-11-9-27(10-12-28)16-19-7-8-22-23(14-19)33-17-32-22/h7-8,14-15,18,20-21,26,29H,4-6,9-13,16-17H2,1-3H3/t20-,21-,26-/m0/s1. The van der Waals surface area contributed by atoms with E-state index in [2.05, 4.69) is 24.8 Å². The maximum absolute atomic E-state index is 13.4. The molecule has 0 aromatic heterocycles. The van der Waals surface area contributed by atoms with Crippen LogP contribution in [-0.2, 0) is 20.8 Å². The number of fused-ring (bicyclic) bond motifs is 1. The second-order valence-electron chi connectivity index (χ2n) is 9.58. The van der Waals surface area contributed by atoms with E-state index in [1.807, 2.05) is 30.0 Å². The molecular weight excluding hydrogens is 436 g/mol. The number of benzene rings is 1. The first-order valence-electron chi connectivity index (χ1n) is 12.5. The molecule has 34 heavy (non-hydrogen) atoms. The summed E-state index contributed by atoms with van der Waals surface area (Å²) in [4.78, 5) is 17.6. The molecule has 3 heterocycles. The molecule has 8 heteroatoms. The SMILES string of the molecule is CCO[C@H]1OC(C(=O)N2CCN(Cc3ccc4c(c3)OCO4)CC2)=C[C@@H](C(C)C)[C@@H]1CCCO. The van der Waals surface area contributed by atoms with Gasteiger partial charge in [-0.1, -0.05) is 19.9 Å². The van der Waals surface area contributed by atoms with E-state index >= 15 is 0 Å². The largest absolute Gasteiger partial charge is 0.459 e. The first-order chi connectivity index (χ1) is 16.5. The van der Waals surface area contributed by atoms with Crippen LogP contribution in [0.15, 0.2) is 30.0 Å². The second kappa shape index (κ2) is 11.4. The number of carbonyl (C=O) groups excluding carboxylic acids is 1. The van der Waals surface area contributed by atoms with Crippen molar-refractivity contribution < 1.29 is 28.8 Å². The minimum Gasteiger partial charge on any atom is -0.459 e. The molecule has 8 nitrogen and oxygen atoms in total. The van der Waals surface area contributed by atoms with E-state index in [1.165, 1.54) is 5.56 Å². The van der Waals surface area contributed by atoms with E-state index in [9.17, 15) is 9.90 Å². The van der Waals surface area contributed by atoms with Crippen LogP contribution in [0.2, 0.25) is 0 Å². The summed E-state index contributed by atoms with van der Waals surface area (Å²) in [5, 5.41) is 9.33. The fourth-order valence-electron chi connectivity index (χ4n) is 5.08. The predicted molar refractivity (Wildman–Crippen MR) is 127 cm³/mol. The quantitative estimate of drug-likeness (QED) is 0.589. The molecule has 1 fully saturated rings. The number of carbonyl (C=O) groups is 1. The Bertz CT molecular complexity index is 865. The zero-order valence-electron chi connectivity index (χ0n) is 20.6. The number of piperazine rings is 1. The lowest BCUT2D eigenvalue weighted by atomic mass is 9.78. The number of allylic oxidation sites excluding steroid dienone is 1. The molecule has 0 unspecified atom stereocenters. The van der Waals surface area contributed by atoms with E-state index in [0.29, 0.717) is 37.8 Å². The second-order valence-corrected chi connectivity index (χ2v) is 9.58. The van der Waals surface area contributed by atoms with Crippen molar-refractivity contribution >= 4 is 5.91 Å². The zero-order valence-corrected chi connectivity index (χ0v) is 20.6. The number of ether oxygens (including phenoxy) is 4. The van der Waals surface area contributed by atoms with E-state index in [0.717, 1.165) is 37.6 Å². The van der Waals surface area contributed by atoms with Crippen molar-refractivity contribution in [2.75, 3.05) is 46.2 Å². The number of nitrogens with zero attached hydrogens (tertiary/aromatic N) is 2. The molecule has 0 spiro atoms. The van der Waals surface area contributed by atoms with Gasteiger partial charge in [0.15, 0.2) is 17.3 Å². The summed E-state index contributed by atoms with van der Waals surface area (Å²) in [5.41, 5.74) is 1.18. The van der Waals surface area contributed by atoms with Gasteiger partial charge in [-0.05, 0) is 55.4 Å². The maximum Gasteiger partial charge on any atom is 0.288 e. The van der Waals surface area contributed by atoms with E-state index < -0.39 is 6.29 Å². The van der Waals surface area contributed by atoms with Crippen molar-refractivity contribution in [2.45, 2.75) is 46.4 Å². The number of hydrogen-bond donors (Lipinski definition) is 1. The Morgan fingerprint density at radius 2 is 1.94 bits per heavy atom. The molecular formula is C26H38N2O6. The van der Waals surface area contributed by atoms with Gasteiger partial charge in [-0.2, -0.15) is 0 Å². The monoisotopic (exact) mass is 474 g/mol. The third kappa shape index (κ3) is 5.67. The average molecular weight is 475 g/mol. The van der Waals surface area contributed by atoms with Crippen LogP contribution in [0.4, 0.5) is 0 Å². The molecule has 0 saturated carbocycles. The van der Waals surface area contributed by atoms with E-state index in [1.54, 1.807) is 0 Å². The number of rotatable bonds is 9. The van der Waals surface area contributed by atoms with Gasteiger partial charge in [0.05, 0.1) is 0 Å². The van der Waals surface area contributed by atoms with Gasteiger partial charge < -0.3 is 29.0 Å². The van der Waals surface area contributed by atoms with Crippen molar-refractivity contribution in [1.29, 1.82) is 0 Å². The summed E-state index contributed by atoms with van der Waals surface area (Å²) >= 11 is 0. The third-order valence-corrected chi connectivity index (χ3v) is 6.94. The molecule has 4 rings (SSSR count). The third-order valence-electron chi connectivity index (χ3n) is 6.94. The molecule has 3 aliphatic heterocycles. The summed E-state index contributed by atoms with van der Waals surface area (Å²) in [7, 11) is 0. The minimum absolute atomic E-state index is 0.0568. The van der Waals surface area contributed by atoms with Gasteiger partial charge in [0.2, 0.25) is 13.1 Å². The molecule has 0 radical (unpaired) electrons. The first kappa shape index (κ1) is 24.8. The Labute approximate surface area is 202 Å². The molecule has 1 aromatic carbocycles. The lowest BCUT2D eigenvalue weighted by molar-refractivity contribution is -0.178. The minimum atomic E-state index is -0.458. The number of aliphatic hydroxyl groups excluding tert-OH is 1. The van der Waals surface area contributed by atoms with Crippen LogP contribution in [0.1, 0.15) is 39.2 Å². The average Bonchev–Trinajstić information content (AvgIpc) is 3.31. The Balaban J connectivity index is 1.37. The van der Waals surface area contributed by atoms with Gasteiger partial charge in [-0.25, -0.2) is 0 Å². The van der Waals surface area contributed by atoms with Gasteiger partial charge in [-0.15, -0.1) is 0 Å². The summed E-state index contributed by atoms with van der Waals surface area (Å²) in [6, 6.07) is 6.06. The van der Waals surface area contributed by atoms with Crippen LogP contribution in [-0.4, -0.2) is 73.3 Å². The Morgan fingerprint density at radius 1 is 1.18 bits per heavy atom. The van der Waals surface area contributed by atoms with Gasteiger partial charge >= 0.3 is 0 Å². The molecule has 3 aliphatic rings. The van der Waals surface area contributed by atoms with Crippen LogP contribution in [0, 0.1) is 17.8 Å². The highest BCUT2D eigenvalue weighted by Gasteiger charge is 2.39. The van der Waals surface area contributed by atoms with Crippen molar-refractivity contribution in [3.05, 3.63) is 35.6 Å². The first-order valence-corrected chi connectivity index (χ1v) is 12.5. The van der Waals surface area contributed by atoms with Crippen molar-refractivity contribution in [3.63, 3.8) is 0 Å². The topological polar surface area (TPSA) is 80.7 Å². The lowest BCUT2D eigenvalue weighted by Gasteiger charge is -2.40. The van der Waals surface area contributed by atoms with Gasteiger partial charge in [-0.3, -0.25) is 9.69 Å².